The molecule has 112 valence electrons. The van der Waals surface area contributed by atoms with Crippen molar-refractivity contribution in [3.63, 3.8) is 0 Å². The average molecular weight is 292 g/mol. The van der Waals surface area contributed by atoms with Gasteiger partial charge in [0.1, 0.15) is 5.82 Å². The van der Waals surface area contributed by atoms with E-state index in [-0.39, 0.29) is 11.9 Å². The summed E-state index contributed by atoms with van der Waals surface area (Å²) in [6.07, 6.45) is 0.623. The molecule has 1 atom stereocenters. The van der Waals surface area contributed by atoms with Crippen LogP contribution in [-0.2, 0) is 11.3 Å². The van der Waals surface area contributed by atoms with Crippen LogP contribution in [0.2, 0.25) is 0 Å². The van der Waals surface area contributed by atoms with Gasteiger partial charge in [-0.15, -0.1) is 0 Å². The summed E-state index contributed by atoms with van der Waals surface area (Å²) < 4.78 is 37.1. The average Bonchev–Trinajstić information content (AvgIpc) is 2.48. The second-order valence-corrected chi connectivity index (χ2v) is 4.82. The van der Waals surface area contributed by atoms with Gasteiger partial charge in [-0.3, -0.25) is 0 Å². The second kappa shape index (κ2) is 7.74. The lowest BCUT2D eigenvalue weighted by atomic mass is 10.2. The van der Waals surface area contributed by atoms with Gasteiger partial charge in [0.25, 0.3) is 0 Å². The maximum absolute atomic E-state index is 13.3. The van der Waals surface area contributed by atoms with Crippen molar-refractivity contribution >= 4 is 0 Å². The molecule has 0 aliphatic rings. The summed E-state index contributed by atoms with van der Waals surface area (Å²) in [5.41, 5.74) is 1.11. The molecule has 21 heavy (non-hydrogen) atoms. The predicted octanol–water partition coefficient (Wildman–Crippen LogP) is 4.34. The van der Waals surface area contributed by atoms with Crippen LogP contribution in [0.15, 0.2) is 48.5 Å². The van der Waals surface area contributed by atoms with Crippen molar-refractivity contribution in [1.82, 2.24) is 0 Å². The van der Waals surface area contributed by atoms with Crippen LogP contribution in [0.3, 0.4) is 0 Å². The summed E-state index contributed by atoms with van der Waals surface area (Å²) in [5.74, 6) is -1.24. The van der Waals surface area contributed by atoms with E-state index in [0.717, 1.165) is 11.6 Å². The van der Waals surface area contributed by atoms with Crippen LogP contribution in [-0.4, -0.2) is 12.7 Å². The quantitative estimate of drug-likeness (QED) is 0.756. The van der Waals surface area contributed by atoms with Gasteiger partial charge < -0.3 is 9.47 Å². The SMILES string of the molecule is CC(CCOc1ccc(F)cc1F)OCc1ccccc1. The molecule has 0 saturated carbocycles. The van der Waals surface area contributed by atoms with E-state index < -0.39 is 11.6 Å². The van der Waals surface area contributed by atoms with E-state index in [2.05, 4.69) is 0 Å². The van der Waals surface area contributed by atoms with Gasteiger partial charge in [-0.25, -0.2) is 8.78 Å². The van der Waals surface area contributed by atoms with Crippen LogP contribution < -0.4 is 4.74 Å². The third-order valence-electron chi connectivity index (χ3n) is 3.05. The molecule has 0 fully saturated rings. The monoisotopic (exact) mass is 292 g/mol. The fourth-order valence-electron chi connectivity index (χ4n) is 1.82. The van der Waals surface area contributed by atoms with Crippen LogP contribution in [0.25, 0.3) is 0 Å². The van der Waals surface area contributed by atoms with Crippen molar-refractivity contribution in [2.24, 2.45) is 0 Å². The number of rotatable bonds is 7. The summed E-state index contributed by atoms with van der Waals surface area (Å²) >= 11 is 0. The van der Waals surface area contributed by atoms with Gasteiger partial charge >= 0.3 is 0 Å². The van der Waals surface area contributed by atoms with Gasteiger partial charge in [0.05, 0.1) is 19.3 Å². The van der Waals surface area contributed by atoms with Crippen LogP contribution in [0, 0.1) is 11.6 Å². The molecule has 2 nitrogen and oxygen atoms in total. The Kier molecular flexibility index (Phi) is 5.69. The first-order chi connectivity index (χ1) is 10.1. The molecule has 2 aromatic rings. The normalized spacial score (nSPS) is 12.1. The Morgan fingerprint density at radius 2 is 1.81 bits per heavy atom. The molecule has 0 saturated heterocycles. The highest BCUT2D eigenvalue weighted by Gasteiger charge is 2.07. The highest BCUT2D eigenvalue weighted by Crippen LogP contribution is 2.18. The highest BCUT2D eigenvalue weighted by molar-refractivity contribution is 5.24. The minimum atomic E-state index is -0.687. The Balaban J connectivity index is 1.70. The number of benzene rings is 2. The van der Waals surface area contributed by atoms with Crippen molar-refractivity contribution in [2.45, 2.75) is 26.1 Å². The van der Waals surface area contributed by atoms with E-state index in [1.165, 1.54) is 12.1 Å². The molecule has 0 aliphatic carbocycles. The summed E-state index contributed by atoms with van der Waals surface area (Å²) in [7, 11) is 0. The van der Waals surface area contributed by atoms with Gasteiger partial charge in [0.2, 0.25) is 0 Å². The molecule has 0 N–H and O–H groups in total. The zero-order valence-corrected chi connectivity index (χ0v) is 11.9. The first-order valence-corrected chi connectivity index (χ1v) is 6.88. The fourth-order valence-corrected chi connectivity index (χ4v) is 1.82. The molecule has 1 unspecified atom stereocenters. The van der Waals surface area contributed by atoms with Crippen LogP contribution in [0.1, 0.15) is 18.9 Å². The van der Waals surface area contributed by atoms with E-state index in [0.29, 0.717) is 19.6 Å². The van der Waals surface area contributed by atoms with Gasteiger partial charge in [-0.1, -0.05) is 30.3 Å². The standard InChI is InChI=1S/C17H18F2O2/c1-13(21-12-14-5-3-2-4-6-14)9-10-20-17-8-7-15(18)11-16(17)19/h2-8,11,13H,9-10,12H2,1H3. The molecule has 4 heteroatoms. The Morgan fingerprint density at radius 3 is 2.52 bits per heavy atom. The molecule has 0 aliphatic heterocycles. The van der Waals surface area contributed by atoms with Crippen LogP contribution in [0.4, 0.5) is 8.78 Å². The molecule has 0 radical (unpaired) electrons. The lowest BCUT2D eigenvalue weighted by Crippen LogP contribution is -2.13. The number of halogens is 2. The van der Waals surface area contributed by atoms with E-state index in [9.17, 15) is 8.78 Å². The zero-order valence-electron chi connectivity index (χ0n) is 11.9. The topological polar surface area (TPSA) is 18.5 Å². The molecular weight excluding hydrogens is 274 g/mol. The summed E-state index contributed by atoms with van der Waals surface area (Å²) in [6.45, 7) is 2.79. The zero-order chi connectivity index (χ0) is 15.1. The maximum atomic E-state index is 13.3. The van der Waals surface area contributed by atoms with E-state index in [4.69, 9.17) is 9.47 Å². The van der Waals surface area contributed by atoms with Crippen molar-refractivity contribution in [3.05, 3.63) is 65.7 Å². The van der Waals surface area contributed by atoms with E-state index in [1.807, 2.05) is 37.3 Å². The van der Waals surface area contributed by atoms with Crippen LogP contribution >= 0.6 is 0 Å². The molecular formula is C17H18F2O2. The smallest absolute Gasteiger partial charge is 0.167 e. The number of hydrogen-bond donors (Lipinski definition) is 0. The molecule has 0 bridgehead atoms. The third kappa shape index (κ3) is 5.16. The Labute approximate surface area is 123 Å². The van der Waals surface area contributed by atoms with Gasteiger partial charge in [-0.05, 0) is 24.6 Å². The highest BCUT2D eigenvalue weighted by atomic mass is 19.1. The van der Waals surface area contributed by atoms with Crippen molar-refractivity contribution in [2.75, 3.05) is 6.61 Å². The van der Waals surface area contributed by atoms with Crippen LogP contribution in [0.5, 0.6) is 5.75 Å². The fraction of sp³-hybridized carbons (Fsp3) is 0.294. The van der Waals surface area contributed by atoms with Gasteiger partial charge in [-0.2, -0.15) is 0 Å². The lowest BCUT2D eigenvalue weighted by Gasteiger charge is -2.14. The number of ether oxygens (including phenoxy) is 2. The summed E-state index contributed by atoms with van der Waals surface area (Å²) in [6, 6.07) is 13.2. The van der Waals surface area contributed by atoms with Crippen molar-refractivity contribution in [1.29, 1.82) is 0 Å². The van der Waals surface area contributed by atoms with E-state index >= 15 is 0 Å². The first-order valence-electron chi connectivity index (χ1n) is 6.88. The molecule has 0 aromatic heterocycles. The molecule has 0 heterocycles. The van der Waals surface area contributed by atoms with Crippen molar-refractivity contribution < 1.29 is 18.3 Å². The first kappa shape index (κ1) is 15.4. The Hall–Kier alpha value is -1.94. The largest absolute Gasteiger partial charge is 0.490 e. The molecule has 2 rings (SSSR count). The predicted molar refractivity (Wildman–Crippen MR) is 77.2 cm³/mol. The van der Waals surface area contributed by atoms with Gasteiger partial charge in [0, 0.05) is 12.5 Å². The van der Waals surface area contributed by atoms with Crippen molar-refractivity contribution in [3.8, 4) is 5.75 Å². The molecule has 2 aromatic carbocycles. The Morgan fingerprint density at radius 1 is 1.05 bits per heavy atom. The summed E-state index contributed by atoms with van der Waals surface area (Å²) in [4.78, 5) is 0. The molecule has 0 spiro atoms. The molecule has 0 amide bonds. The minimum Gasteiger partial charge on any atom is -0.490 e. The third-order valence-corrected chi connectivity index (χ3v) is 3.05. The lowest BCUT2D eigenvalue weighted by molar-refractivity contribution is 0.0383. The number of hydrogen-bond acceptors (Lipinski definition) is 2. The summed E-state index contributed by atoms with van der Waals surface area (Å²) in [5, 5.41) is 0. The van der Waals surface area contributed by atoms with E-state index in [1.54, 1.807) is 0 Å². The minimum absolute atomic E-state index is 0.00582. The van der Waals surface area contributed by atoms with Gasteiger partial charge in [0.15, 0.2) is 11.6 Å². The second-order valence-electron chi connectivity index (χ2n) is 4.82. The Bertz CT molecular complexity index is 558. The maximum Gasteiger partial charge on any atom is 0.167 e.